The summed E-state index contributed by atoms with van der Waals surface area (Å²) in [5.74, 6) is 0.0745. The molecule has 43 heavy (non-hydrogen) atoms. The van der Waals surface area contributed by atoms with Gasteiger partial charge in [-0.1, -0.05) is 103 Å². The summed E-state index contributed by atoms with van der Waals surface area (Å²) in [5.41, 5.74) is 12.5. The largest absolute Gasteiger partial charge is 0.309 e. The van der Waals surface area contributed by atoms with E-state index in [1.165, 1.54) is 22.3 Å². The lowest BCUT2D eigenvalue weighted by atomic mass is 9.74. The second kappa shape index (κ2) is 9.88. The van der Waals surface area contributed by atoms with Crippen LogP contribution in [0.4, 0.5) is 0 Å². The normalized spacial score (nSPS) is 13.7. The first-order valence-electron chi connectivity index (χ1n) is 14.5. The smallest absolute Gasteiger partial charge is 0.100 e. The molecule has 0 saturated carbocycles. The molecule has 200 valence electrons. The number of fused-ring (bicyclic) bond motifs is 6. The fourth-order valence-corrected chi connectivity index (χ4v) is 7.02. The maximum Gasteiger partial charge on any atom is 0.100 e. The molecule has 0 saturated heterocycles. The third-order valence-corrected chi connectivity index (χ3v) is 8.89. The van der Waals surface area contributed by atoms with E-state index in [0.29, 0.717) is 11.1 Å². The lowest BCUT2D eigenvalue weighted by molar-refractivity contribution is 0.791. The molecule has 1 aromatic heterocycles. The predicted molar refractivity (Wildman–Crippen MR) is 173 cm³/mol. The van der Waals surface area contributed by atoms with E-state index in [4.69, 9.17) is 0 Å². The zero-order valence-corrected chi connectivity index (χ0v) is 23.3. The third kappa shape index (κ3) is 3.80. The number of para-hydroxylation sites is 2. The molecule has 7 aromatic rings. The maximum absolute atomic E-state index is 10.8. The number of rotatable bonds is 3. The highest BCUT2D eigenvalue weighted by atomic mass is 15.0. The van der Waals surface area contributed by atoms with Crippen LogP contribution in [0.1, 0.15) is 33.7 Å². The van der Waals surface area contributed by atoms with Gasteiger partial charge in [0.05, 0.1) is 33.9 Å². The van der Waals surface area contributed by atoms with Gasteiger partial charge in [0, 0.05) is 27.8 Å². The van der Waals surface area contributed by atoms with Crippen molar-refractivity contribution in [2.45, 2.75) is 12.3 Å². The van der Waals surface area contributed by atoms with Gasteiger partial charge in [0.1, 0.15) is 6.07 Å². The summed E-state index contributed by atoms with van der Waals surface area (Å²) < 4.78 is 2.27. The summed E-state index contributed by atoms with van der Waals surface area (Å²) >= 11 is 0. The molecule has 1 aliphatic rings. The molecule has 6 aromatic carbocycles. The van der Waals surface area contributed by atoms with Gasteiger partial charge in [-0.05, 0) is 64.6 Å². The van der Waals surface area contributed by atoms with Gasteiger partial charge < -0.3 is 4.57 Å². The average molecular weight is 548 g/mol. The van der Waals surface area contributed by atoms with Gasteiger partial charge in [0.25, 0.3) is 0 Å². The quantitative estimate of drug-likeness (QED) is 0.221. The SMILES string of the molecule is N#Cc1ccc2c(c1)c1ccccc1n2-c1ccccc1-c1cccc(C2Cc3ccccc3-c3ccccc32)c1C#N. The Bertz CT molecular complexity index is 2310. The number of aromatic nitrogens is 1. The molecule has 1 unspecified atom stereocenters. The third-order valence-electron chi connectivity index (χ3n) is 8.89. The van der Waals surface area contributed by atoms with Gasteiger partial charge in [-0.2, -0.15) is 10.5 Å². The van der Waals surface area contributed by atoms with Crippen LogP contribution in [0, 0.1) is 22.7 Å². The Morgan fingerprint density at radius 3 is 2.07 bits per heavy atom. The van der Waals surface area contributed by atoms with Crippen LogP contribution in [-0.2, 0) is 6.42 Å². The van der Waals surface area contributed by atoms with Crippen LogP contribution in [0.5, 0.6) is 0 Å². The number of hydrogen-bond acceptors (Lipinski definition) is 2. The van der Waals surface area contributed by atoms with Gasteiger partial charge >= 0.3 is 0 Å². The van der Waals surface area contributed by atoms with E-state index in [1.54, 1.807) is 0 Å². The Kier molecular flexibility index (Phi) is 5.71. The van der Waals surface area contributed by atoms with Crippen LogP contribution < -0.4 is 0 Å². The summed E-state index contributed by atoms with van der Waals surface area (Å²) in [7, 11) is 0. The van der Waals surface area contributed by atoms with E-state index in [-0.39, 0.29) is 5.92 Å². The van der Waals surface area contributed by atoms with Crippen molar-refractivity contribution >= 4 is 21.8 Å². The summed E-state index contributed by atoms with van der Waals surface area (Å²) in [6.45, 7) is 0. The zero-order chi connectivity index (χ0) is 28.9. The highest BCUT2D eigenvalue weighted by Gasteiger charge is 2.28. The molecule has 0 fully saturated rings. The fourth-order valence-electron chi connectivity index (χ4n) is 7.02. The Balaban J connectivity index is 1.36. The molecule has 1 atom stereocenters. The Hall–Kier alpha value is -5.90. The number of hydrogen-bond donors (Lipinski definition) is 0. The molecule has 0 bridgehead atoms. The van der Waals surface area contributed by atoms with Crippen molar-refractivity contribution in [3.8, 4) is 40.1 Å². The van der Waals surface area contributed by atoms with Crippen molar-refractivity contribution in [2.75, 3.05) is 0 Å². The first kappa shape index (κ1) is 24.9. The number of nitrogens with zero attached hydrogens (tertiary/aromatic N) is 3. The predicted octanol–water partition coefficient (Wildman–Crippen LogP) is 9.55. The minimum absolute atomic E-state index is 0.0745. The Labute approximate surface area is 250 Å². The van der Waals surface area contributed by atoms with Crippen LogP contribution in [-0.4, -0.2) is 4.57 Å². The highest BCUT2D eigenvalue weighted by molar-refractivity contribution is 6.10. The van der Waals surface area contributed by atoms with E-state index < -0.39 is 0 Å². The number of benzene rings is 6. The van der Waals surface area contributed by atoms with Crippen LogP contribution in [0.2, 0.25) is 0 Å². The first-order valence-corrected chi connectivity index (χ1v) is 14.5. The van der Waals surface area contributed by atoms with Crippen molar-refractivity contribution in [3.05, 3.63) is 161 Å². The summed E-state index contributed by atoms with van der Waals surface area (Å²) in [6, 6.07) is 51.0. The van der Waals surface area contributed by atoms with E-state index >= 15 is 0 Å². The van der Waals surface area contributed by atoms with Crippen molar-refractivity contribution in [3.63, 3.8) is 0 Å². The fraction of sp³-hybridized carbons (Fsp3) is 0.0500. The summed E-state index contributed by atoms with van der Waals surface area (Å²) in [4.78, 5) is 0. The molecule has 1 aliphatic carbocycles. The molecule has 0 radical (unpaired) electrons. The zero-order valence-electron chi connectivity index (χ0n) is 23.3. The minimum Gasteiger partial charge on any atom is -0.309 e. The Morgan fingerprint density at radius 1 is 0.535 bits per heavy atom. The molecule has 3 nitrogen and oxygen atoms in total. The summed E-state index contributed by atoms with van der Waals surface area (Å²) in [6.07, 6.45) is 0.848. The topological polar surface area (TPSA) is 52.5 Å². The van der Waals surface area contributed by atoms with E-state index in [9.17, 15) is 10.5 Å². The second-order valence-electron chi connectivity index (χ2n) is 11.1. The van der Waals surface area contributed by atoms with Crippen molar-refractivity contribution in [1.29, 1.82) is 10.5 Å². The lowest BCUT2D eigenvalue weighted by Gasteiger charge is -2.29. The minimum atomic E-state index is 0.0745. The molecule has 3 heteroatoms. The van der Waals surface area contributed by atoms with Crippen LogP contribution in [0.25, 0.3) is 49.7 Å². The molecule has 0 spiro atoms. The molecular formula is C40H25N3. The van der Waals surface area contributed by atoms with Crippen LogP contribution in [0.15, 0.2) is 133 Å². The lowest BCUT2D eigenvalue weighted by Crippen LogP contribution is -2.14. The van der Waals surface area contributed by atoms with Gasteiger partial charge in [0.15, 0.2) is 0 Å². The molecule has 0 N–H and O–H groups in total. The maximum atomic E-state index is 10.8. The van der Waals surface area contributed by atoms with E-state index in [1.807, 2.05) is 42.5 Å². The summed E-state index contributed by atoms with van der Waals surface area (Å²) in [5, 5.41) is 22.5. The molecule has 8 rings (SSSR count). The monoisotopic (exact) mass is 547 g/mol. The van der Waals surface area contributed by atoms with Gasteiger partial charge in [0.2, 0.25) is 0 Å². The van der Waals surface area contributed by atoms with Crippen molar-refractivity contribution in [2.24, 2.45) is 0 Å². The average Bonchev–Trinajstić information content (AvgIpc) is 3.41. The number of nitriles is 2. The van der Waals surface area contributed by atoms with Gasteiger partial charge in [-0.3, -0.25) is 0 Å². The van der Waals surface area contributed by atoms with Crippen LogP contribution in [0.3, 0.4) is 0 Å². The van der Waals surface area contributed by atoms with Crippen LogP contribution >= 0.6 is 0 Å². The molecule has 1 heterocycles. The molecule has 0 amide bonds. The highest BCUT2D eigenvalue weighted by Crippen LogP contribution is 2.45. The second-order valence-corrected chi connectivity index (χ2v) is 11.1. The van der Waals surface area contributed by atoms with E-state index in [2.05, 4.69) is 108 Å². The molecule has 0 aliphatic heterocycles. The molecular weight excluding hydrogens is 522 g/mol. The van der Waals surface area contributed by atoms with Crippen molar-refractivity contribution in [1.82, 2.24) is 4.57 Å². The van der Waals surface area contributed by atoms with Crippen molar-refractivity contribution < 1.29 is 0 Å². The van der Waals surface area contributed by atoms with E-state index in [0.717, 1.165) is 50.6 Å². The standard InChI is InChI=1S/C40H25N3/c41-24-26-20-21-40-36(22-26)34-15-6-8-19-39(34)43(40)38-18-7-5-14-33(38)31-16-9-17-32(37(31)25-42)35-23-27-10-1-2-11-28(27)29-12-3-4-13-30(29)35/h1-22,35H,23H2. The Morgan fingerprint density at radius 2 is 1.21 bits per heavy atom. The van der Waals surface area contributed by atoms with Gasteiger partial charge in [-0.15, -0.1) is 0 Å². The van der Waals surface area contributed by atoms with Gasteiger partial charge in [-0.25, -0.2) is 0 Å². The first-order chi connectivity index (χ1) is 21.3.